The first-order chi connectivity index (χ1) is 22.4. The largest absolute Gasteiger partial charge is 0.497 e. The van der Waals surface area contributed by atoms with Gasteiger partial charge in [-0.25, -0.2) is 13.2 Å². The van der Waals surface area contributed by atoms with Gasteiger partial charge in [0.05, 0.1) is 43.3 Å². The first kappa shape index (κ1) is 34.8. The molecule has 2 heterocycles. The van der Waals surface area contributed by atoms with Crippen molar-refractivity contribution in [3.05, 3.63) is 83.4 Å². The Kier molecular flexibility index (Phi) is 11.2. The van der Waals surface area contributed by atoms with E-state index in [2.05, 4.69) is 37.4 Å². The normalized spacial score (nSPS) is 20.6. The maximum absolute atomic E-state index is 13.8. The number of ether oxygens (including phenoxy) is 4. The fourth-order valence-electron chi connectivity index (χ4n) is 6.34. The van der Waals surface area contributed by atoms with Gasteiger partial charge in [0.15, 0.2) is 6.29 Å². The molecular weight excluding hydrogens is 620 g/mol. The topological polar surface area (TPSA) is 124 Å². The van der Waals surface area contributed by atoms with Crippen LogP contribution in [0.3, 0.4) is 0 Å². The number of hydrogen-bond acceptors (Lipinski definition) is 8. The Morgan fingerprint density at radius 3 is 2.40 bits per heavy atom. The highest BCUT2D eigenvalue weighted by Crippen LogP contribution is 2.33. The van der Waals surface area contributed by atoms with E-state index in [1.165, 1.54) is 23.5 Å². The molecule has 47 heavy (non-hydrogen) atoms. The van der Waals surface area contributed by atoms with E-state index in [9.17, 15) is 18.3 Å². The van der Waals surface area contributed by atoms with Gasteiger partial charge < -0.3 is 29.4 Å². The number of sulfonamides is 1. The molecule has 0 spiro atoms. The summed E-state index contributed by atoms with van der Waals surface area (Å²) in [4.78, 5) is 13.4. The van der Waals surface area contributed by atoms with Crippen LogP contribution in [-0.2, 0) is 30.7 Å². The number of fused-ring (bicyclic) bond motifs is 1. The van der Waals surface area contributed by atoms with Gasteiger partial charge >= 0.3 is 6.09 Å². The Labute approximate surface area is 278 Å². The molecule has 2 aliphatic rings. The average Bonchev–Trinajstić information content (AvgIpc) is 3.65. The van der Waals surface area contributed by atoms with E-state index >= 15 is 0 Å². The van der Waals surface area contributed by atoms with E-state index in [0.29, 0.717) is 12.4 Å². The summed E-state index contributed by atoms with van der Waals surface area (Å²) in [6.45, 7) is 8.66. The highest BCUT2D eigenvalue weighted by atomic mass is 32.2. The summed E-state index contributed by atoms with van der Waals surface area (Å²) in [6, 6.07) is 19.6. The molecule has 3 aromatic carbocycles. The van der Waals surface area contributed by atoms with Crippen LogP contribution in [0.25, 0.3) is 11.1 Å². The number of benzene rings is 3. The number of aliphatic hydroxyl groups is 1. The van der Waals surface area contributed by atoms with E-state index in [4.69, 9.17) is 18.9 Å². The van der Waals surface area contributed by atoms with Crippen molar-refractivity contribution in [1.82, 2.24) is 9.62 Å². The molecule has 0 bridgehead atoms. The standard InChI is InChI=1S/C36H46N2O8S/c1-23(2)20-38(47(41,42)30-11-9-29(43-5)10-12-30)21-33(39)32(37-36(40)46-34-22-45-35-31(34)13-14-44-35)19-26-7-6-8-27(18-26)28-16-24(3)15-25(4)17-28/h6-12,15-18,23,31-35,39H,13-14,19-22H2,1-5H3,(H,37,40)/t31-,32-,33+,34-,35+/m0/s1. The molecule has 254 valence electrons. The van der Waals surface area contributed by atoms with Gasteiger partial charge in [0.25, 0.3) is 0 Å². The van der Waals surface area contributed by atoms with Gasteiger partial charge in [0.1, 0.15) is 11.9 Å². The van der Waals surface area contributed by atoms with E-state index in [1.807, 2.05) is 38.1 Å². The van der Waals surface area contributed by atoms with Crippen LogP contribution >= 0.6 is 0 Å². The number of alkyl carbamates (subject to hydrolysis) is 1. The van der Waals surface area contributed by atoms with E-state index in [-0.39, 0.29) is 49.1 Å². The fraction of sp³-hybridized carbons (Fsp3) is 0.472. The lowest BCUT2D eigenvalue weighted by Gasteiger charge is -2.31. The van der Waals surface area contributed by atoms with E-state index in [0.717, 1.165) is 34.2 Å². The second-order valence-corrected chi connectivity index (χ2v) is 14.9. The monoisotopic (exact) mass is 666 g/mol. The third-order valence-corrected chi connectivity index (χ3v) is 10.5. The SMILES string of the molecule is COc1ccc(S(=O)(=O)N(CC(C)C)C[C@@H](O)[C@H](Cc2cccc(-c3cc(C)cc(C)c3)c2)NC(=O)O[C@H]2CO[C@H]3OCC[C@H]32)cc1. The molecule has 0 radical (unpaired) electrons. The second-order valence-electron chi connectivity index (χ2n) is 13.0. The average molecular weight is 667 g/mol. The fourth-order valence-corrected chi connectivity index (χ4v) is 7.96. The molecule has 2 aliphatic heterocycles. The van der Waals surface area contributed by atoms with Crippen LogP contribution in [0.4, 0.5) is 4.79 Å². The van der Waals surface area contributed by atoms with Crippen molar-refractivity contribution in [2.75, 3.05) is 33.4 Å². The molecule has 2 saturated heterocycles. The van der Waals surface area contributed by atoms with Crippen molar-refractivity contribution in [2.24, 2.45) is 11.8 Å². The first-order valence-electron chi connectivity index (χ1n) is 16.1. The molecule has 0 aliphatic carbocycles. The maximum atomic E-state index is 13.8. The summed E-state index contributed by atoms with van der Waals surface area (Å²) >= 11 is 0. The lowest BCUT2D eigenvalue weighted by atomic mass is 9.95. The molecular formula is C36H46N2O8S. The minimum Gasteiger partial charge on any atom is -0.497 e. The lowest BCUT2D eigenvalue weighted by Crippen LogP contribution is -2.51. The van der Waals surface area contributed by atoms with Gasteiger partial charge in [-0.1, -0.05) is 67.4 Å². The summed E-state index contributed by atoms with van der Waals surface area (Å²) in [7, 11) is -2.47. The van der Waals surface area contributed by atoms with Crippen LogP contribution in [0.15, 0.2) is 71.6 Å². The highest BCUT2D eigenvalue weighted by molar-refractivity contribution is 7.89. The summed E-state index contributed by atoms with van der Waals surface area (Å²) in [5.74, 6) is 0.466. The Morgan fingerprint density at radius 2 is 1.72 bits per heavy atom. The van der Waals surface area contributed by atoms with Gasteiger partial charge in [-0.05, 0) is 73.6 Å². The van der Waals surface area contributed by atoms with Crippen LogP contribution < -0.4 is 10.1 Å². The van der Waals surface area contributed by atoms with Gasteiger partial charge in [-0.15, -0.1) is 0 Å². The van der Waals surface area contributed by atoms with Gasteiger partial charge in [0, 0.05) is 13.1 Å². The number of aryl methyl sites for hydroxylation is 2. The number of nitrogens with zero attached hydrogens (tertiary/aromatic N) is 1. The molecule has 1 amide bonds. The van der Waals surface area contributed by atoms with Crippen LogP contribution in [-0.4, -0.2) is 81.9 Å². The summed E-state index contributed by atoms with van der Waals surface area (Å²) < 4.78 is 51.1. The van der Waals surface area contributed by atoms with Gasteiger partial charge in [0.2, 0.25) is 10.0 Å². The van der Waals surface area contributed by atoms with Crippen molar-refractivity contribution in [3.8, 4) is 16.9 Å². The molecule has 0 aromatic heterocycles. The third kappa shape index (κ3) is 8.71. The van der Waals surface area contributed by atoms with Crippen molar-refractivity contribution < 1.29 is 37.3 Å². The molecule has 5 rings (SSSR count). The summed E-state index contributed by atoms with van der Waals surface area (Å²) in [6.07, 6.45) is -1.84. The molecule has 2 fully saturated rings. The molecule has 3 aromatic rings. The van der Waals surface area contributed by atoms with Crippen LogP contribution in [0, 0.1) is 25.7 Å². The Bertz CT molecular complexity index is 1610. The number of aliphatic hydroxyl groups excluding tert-OH is 1. The van der Waals surface area contributed by atoms with Gasteiger partial charge in [-0.3, -0.25) is 0 Å². The van der Waals surface area contributed by atoms with Crippen LogP contribution in [0.2, 0.25) is 0 Å². The zero-order valence-corrected chi connectivity index (χ0v) is 28.5. The molecule has 11 heteroatoms. The van der Waals surface area contributed by atoms with Crippen molar-refractivity contribution >= 4 is 16.1 Å². The van der Waals surface area contributed by atoms with Crippen LogP contribution in [0.1, 0.15) is 37.0 Å². The number of hydrogen-bond donors (Lipinski definition) is 2. The number of nitrogens with one attached hydrogen (secondary N) is 1. The molecule has 0 unspecified atom stereocenters. The zero-order chi connectivity index (χ0) is 33.7. The van der Waals surface area contributed by atoms with Crippen LogP contribution in [0.5, 0.6) is 5.75 Å². The lowest BCUT2D eigenvalue weighted by molar-refractivity contribution is -0.0907. The van der Waals surface area contributed by atoms with Crippen molar-refractivity contribution in [1.29, 1.82) is 0 Å². The van der Waals surface area contributed by atoms with Crippen molar-refractivity contribution in [3.63, 3.8) is 0 Å². The van der Waals surface area contributed by atoms with Crippen molar-refractivity contribution in [2.45, 2.75) is 70.0 Å². The first-order valence-corrected chi connectivity index (χ1v) is 17.6. The minimum absolute atomic E-state index is 0.0231. The molecule has 0 saturated carbocycles. The van der Waals surface area contributed by atoms with Gasteiger partial charge in [-0.2, -0.15) is 4.31 Å². The maximum Gasteiger partial charge on any atom is 0.407 e. The number of carbonyl (C=O) groups is 1. The zero-order valence-electron chi connectivity index (χ0n) is 27.7. The quantitative estimate of drug-likeness (QED) is 0.259. The number of methoxy groups -OCH3 is 1. The Morgan fingerprint density at radius 1 is 1.00 bits per heavy atom. The van der Waals surface area contributed by atoms with E-state index in [1.54, 1.807) is 12.1 Å². The van der Waals surface area contributed by atoms with E-state index < -0.39 is 34.4 Å². The Balaban J connectivity index is 1.40. The smallest absolute Gasteiger partial charge is 0.407 e. The number of rotatable bonds is 13. The predicted octanol–water partition coefficient (Wildman–Crippen LogP) is 5.09. The Hall–Kier alpha value is -3.48. The summed E-state index contributed by atoms with van der Waals surface area (Å²) in [5, 5.41) is 14.6. The minimum atomic E-state index is -3.99. The highest BCUT2D eigenvalue weighted by Gasteiger charge is 2.44. The number of amides is 1. The summed E-state index contributed by atoms with van der Waals surface area (Å²) in [5.41, 5.74) is 5.24. The third-order valence-electron chi connectivity index (χ3n) is 8.61. The molecule has 5 atom stereocenters. The molecule has 2 N–H and O–H groups in total. The number of carbonyl (C=O) groups excluding carboxylic acids is 1. The predicted molar refractivity (Wildman–Crippen MR) is 179 cm³/mol. The molecule has 10 nitrogen and oxygen atoms in total. The second kappa shape index (κ2) is 15.2.